The summed E-state index contributed by atoms with van der Waals surface area (Å²) in [6.07, 6.45) is 4.67. The zero-order valence-corrected chi connectivity index (χ0v) is 18.4. The molecule has 6 heteroatoms. The first kappa shape index (κ1) is 20.6. The molecule has 1 aromatic carbocycles. The van der Waals surface area contributed by atoms with Gasteiger partial charge in [0.15, 0.2) is 0 Å². The fourth-order valence-electron chi connectivity index (χ4n) is 4.97. The molecule has 0 bridgehead atoms. The molecule has 1 saturated heterocycles. The lowest BCUT2D eigenvalue weighted by molar-refractivity contribution is -0.103. The molecule has 31 heavy (non-hydrogen) atoms. The fourth-order valence-corrected chi connectivity index (χ4v) is 5.27. The molecule has 4 heterocycles. The minimum atomic E-state index is -0.399. The van der Waals surface area contributed by atoms with Crippen molar-refractivity contribution in [2.45, 2.75) is 44.4 Å². The third-order valence-electron chi connectivity index (χ3n) is 6.60. The van der Waals surface area contributed by atoms with Crippen LogP contribution < -0.4 is 0 Å². The Hall–Kier alpha value is -2.34. The summed E-state index contributed by atoms with van der Waals surface area (Å²) in [4.78, 5) is 11.4. The predicted molar refractivity (Wildman–Crippen MR) is 118 cm³/mol. The topological polar surface area (TPSA) is 38.2 Å². The molecule has 2 aliphatic rings. The van der Waals surface area contributed by atoms with E-state index in [0.717, 1.165) is 59.0 Å². The number of fused-ring (bicyclic) bond motifs is 2. The van der Waals surface area contributed by atoms with E-state index in [1.54, 1.807) is 6.07 Å². The summed E-state index contributed by atoms with van der Waals surface area (Å²) < 4.78 is 20.0. The lowest BCUT2D eigenvalue weighted by Crippen LogP contribution is -2.44. The standard InChI is InChI=1S/C25H25ClFN3O/c1-16-12-18(14-19(26)13-16)23-21-4-3-9-28-24(21)25(31-23)7-10-30(11-8-25)17(2)22-6-5-20(27)15-29-22/h3-6,9,12-15,17,23H,7-8,10-11H2,1-2H3. The van der Waals surface area contributed by atoms with E-state index in [1.807, 2.05) is 31.3 Å². The maximum absolute atomic E-state index is 13.3. The van der Waals surface area contributed by atoms with Crippen LogP contribution in [0.3, 0.4) is 0 Å². The van der Waals surface area contributed by atoms with Crippen LogP contribution in [-0.4, -0.2) is 28.0 Å². The highest BCUT2D eigenvalue weighted by Gasteiger charge is 2.48. The highest BCUT2D eigenvalue weighted by Crippen LogP contribution is 2.51. The van der Waals surface area contributed by atoms with Crippen LogP contribution in [0, 0.1) is 12.7 Å². The van der Waals surface area contributed by atoms with Crippen LogP contribution in [0.2, 0.25) is 5.02 Å². The number of pyridine rings is 2. The molecular formula is C25H25ClFN3O. The fraction of sp³-hybridized carbons (Fsp3) is 0.360. The van der Waals surface area contributed by atoms with Gasteiger partial charge in [0.1, 0.15) is 17.5 Å². The molecule has 5 rings (SSSR count). The Morgan fingerprint density at radius 3 is 2.68 bits per heavy atom. The molecule has 160 valence electrons. The van der Waals surface area contributed by atoms with Crippen LogP contribution >= 0.6 is 11.6 Å². The average Bonchev–Trinajstić information content (AvgIpc) is 3.08. The van der Waals surface area contributed by atoms with E-state index < -0.39 is 5.60 Å². The first-order valence-electron chi connectivity index (χ1n) is 10.7. The summed E-state index contributed by atoms with van der Waals surface area (Å²) in [5, 5.41) is 0.723. The van der Waals surface area contributed by atoms with Gasteiger partial charge in [-0.05, 0) is 68.1 Å². The monoisotopic (exact) mass is 437 g/mol. The highest BCUT2D eigenvalue weighted by atomic mass is 35.5. The molecule has 2 aliphatic heterocycles. The van der Waals surface area contributed by atoms with Crippen molar-refractivity contribution in [2.24, 2.45) is 0 Å². The molecular weight excluding hydrogens is 413 g/mol. The number of ether oxygens (including phenoxy) is 1. The Morgan fingerprint density at radius 2 is 1.97 bits per heavy atom. The summed E-state index contributed by atoms with van der Waals surface area (Å²) in [7, 11) is 0. The minimum Gasteiger partial charge on any atom is -0.356 e. The number of benzene rings is 1. The van der Waals surface area contributed by atoms with E-state index >= 15 is 0 Å². The maximum Gasteiger partial charge on any atom is 0.141 e. The average molecular weight is 438 g/mol. The Labute approximate surface area is 187 Å². The van der Waals surface area contributed by atoms with Crippen LogP contribution in [0.1, 0.15) is 60.0 Å². The number of aromatic nitrogens is 2. The van der Waals surface area contributed by atoms with Gasteiger partial charge < -0.3 is 4.74 Å². The first-order valence-corrected chi connectivity index (χ1v) is 11.1. The van der Waals surface area contributed by atoms with Gasteiger partial charge in [-0.3, -0.25) is 14.9 Å². The summed E-state index contributed by atoms with van der Waals surface area (Å²) in [6, 6.07) is 13.6. The number of halogens is 2. The third-order valence-corrected chi connectivity index (χ3v) is 6.81. The number of rotatable bonds is 3. The highest BCUT2D eigenvalue weighted by molar-refractivity contribution is 6.30. The summed E-state index contributed by atoms with van der Waals surface area (Å²) in [5.74, 6) is -0.308. The van der Waals surface area contributed by atoms with Crippen molar-refractivity contribution in [2.75, 3.05) is 13.1 Å². The van der Waals surface area contributed by atoms with Crippen molar-refractivity contribution >= 4 is 11.6 Å². The Bertz CT molecular complexity index is 1080. The molecule has 0 saturated carbocycles. The number of hydrogen-bond acceptors (Lipinski definition) is 4. The van der Waals surface area contributed by atoms with Crippen molar-refractivity contribution in [3.63, 3.8) is 0 Å². The summed E-state index contributed by atoms with van der Waals surface area (Å²) in [6.45, 7) is 5.89. The second kappa shape index (κ2) is 7.97. The van der Waals surface area contributed by atoms with E-state index in [4.69, 9.17) is 21.3 Å². The summed E-state index contributed by atoms with van der Waals surface area (Å²) >= 11 is 6.35. The van der Waals surface area contributed by atoms with Crippen molar-refractivity contribution in [1.82, 2.24) is 14.9 Å². The number of nitrogens with zero attached hydrogens (tertiary/aromatic N) is 3. The molecule has 2 atom stereocenters. The van der Waals surface area contributed by atoms with E-state index in [-0.39, 0.29) is 18.0 Å². The number of aryl methyl sites for hydroxylation is 1. The molecule has 0 amide bonds. The largest absolute Gasteiger partial charge is 0.356 e. The number of likely N-dealkylation sites (tertiary alicyclic amines) is 1. The zero-order chi connectivity index (χ0) is 21.6. The number of piperidine rings is 1. The molecule has 4 nitrogen and oxygen atoms in total. The SMILES string of the molecule is Cc1cc(Cl)cc(C2OC3(CCN(C(C)c4ccc(F)cn4)CC3)c3ncccc32)c1. The molecule has 0 N–H and O–H groups in total. The van der Waals surface area contributed by atoms with Gasteiger partial charge in [0.25, 0.3) is 0 Å². The molecule has 2 unspecified atom stereocenters. The molecule has 1 fully saturated rings. The van der Waals surface area contributed by atoms with Crippen LogP contribution in [0.15, 0.2) is 54.9 Å². The lowest BCUT2D eigenvalue weighted by Gasteiger charge is -2.41. The lowest BCUT2D eigenvalue weighted by atomic mass is 9.86. The summed E-state index contributed by atoms with van der Waals surface area (Å²) in [5.41, 5.74) is 4.85. The molecule has 1 spiro atoms. The first-order chi connectivity index (χ1) is 14.9. The smallest absolute Gasteiger partial charge is 0.141 e. The second-order valence-corrected chi connectivity index (χ2v) is 9.04. The van der Waals surface area contributed by atoms with E-state index in [9.17, 15) is 4.39 Å². The van der Waals surface area contributed by atoms with Gasteiger partial charge >= 0.3 is 0 Å². The normalized spacial score (nSPS) is 21.2. The van der Waals surface area contributed by atoms with E-state index in [1.165, 1.54) is 12.3 Å². The molecule has 0 aliphatic carbocycles. The van der Waals surface area contributed by atoms with Crippen LogP contribution in [-0.2, 0) is 10.3 Å². The second-order valence-electron chi connectivity index (χ2n) is 8.61. The van der Waals surface area contributed by atoms with Crippen LogP contribution in [0.5, 0.6) is 0 Å². The molecule has 0 radical (unpaired) electrons. The van der Waals surface area contributed by atoms with Crippen LogP contribution in [0.4, 0.5) is 4.39 Å². The van der Waals surface area contributed by atoms with Crippen molar-refractivity contribution < 1.29 is 9.13 Å². The Morgan fingerprint density at radius 1 is 1.16 bits per heavy atom. The third kappa shape index (κ3) is 3.75. The minimum absolute atomic E-state index is 0.119. The van der Waals surface area contributed by atoms with E-state index in [0.29, 0.717) is 0 Å². The predicted octanol–water partition coefficient (Wildman–Crippen LogP) is 5.75. The van der Waals surface area contributed by atoms with Gasteiger partial charge in [0.05, 0.1) is 17.6 Å². The van der Waals surface area contributed by atoms with Crippen molar-refractivity contribution in [3.05, 3.63) is 93.8 Å². The Kier molecular flexibility index (Phi) is 5.29. The van der Waals surface area contributed by atoms with Crippen molar-refractivity contribution in [3.8, 4) is 0 Å². The van der Waals surface area contributed by atoms with Crippen LogP contribution in [0.25, 0.3) is 0 Å². The molecule has 2 aromatic heterocycles. The maximum atomic E-state index is 13.3. The van der Waals surface area contributed by atoms with Gasteiger partial charge in [0.2, 0.25) is 0 Å². The van der Waals surface area contributed by atoms with Gasteiger partial charge in [-0.25, -0.2) is 4.39 Å². The van der Waals surface area contributed by atoms with Crippen molar-refractivity contribution in [1.29, 1.82) is 0 Å². The van der Waals surface area contributed by atoms with E-state index in [2.05, 4.69) is 28.9 Å². The van der Waals surface area contributed by atoms with Gasteiger partial charge in [0, 0.05) is 35.9 Å². The van der Waals surface area contributed by atoms with Gasteiger partial charge in [-0.1, -0.05) is 23.7 Å². The van der Waals surface area contributed by atoms with Gasteiger partial charge in [-0.15, -0.1) is 0 Å². The Balaban J connectivity index is 1.40. The molecule has 3 aromatic rings. The van der Waals surface area contributed by atoms with Gasteiger partial charge in [-0.2, -0.15) is 0 Å². The number of hydrogen-bond donors (Lipinski definition) is 0. The quantitative estimate of drug-likeness (QED) is 0.523. The zero-order valence-electron chi connectivity index (χ0n) is 17.7.